The van der Waals surface area contributed by atoms with Crippen LogP contribution in [0.5, 0.6) is 5.75 Å². The van der Waals surface area contributed by atoms with Crippen molar-refractivity contribution >= 4 is 5.82 Å². The van der Waals surface area contributed by atoms with E-state index in [9.17, 15) is 17.6 Å². The first-order valence-corrected chi connectivity index (χ1v) is 7.24. The molecule has 0 bridgehead atoms. The summed E-state index contributed by atoms with van der Waals surface area (Å²) in [6.07, 6.45) is -3.96. The standard InChI is InChI=1S/C16H14F4N2O2/c17-12-3-1-11(2-4-12)14-10-22(7-8-23-14)15-6-5-13(9-21-15)24-16(18,19)20/h1-6,9,14H,7-8,10H2. The predicted molar refractivity (Wildman–Crippen MR) is 78.2 cm³/mol. The normalized spacial score (nSPS) is 18.5. The molecule has 0 N–H and O–H groups in total. The second kappa shape index (κ2) is 6.64. The van der Waals surface area contributed by atoms with Crippen LogP contribution in [-0.2, 0) is 4.74 Å². The van der Waals surface area contributed by atoms with Crippen LogP contribution in [0.3, 0.4) is 0 Å². The number of aromatic nitrogens is 1. The average Bonchev–Trinajstić information content (AvgIpc) is 2.55. The molecule has 0 amide bonds. The predicted octanol–water partition coefficient (Wildman–Crippen LogP) is 3.70. The van der Waals surface area contributed by atoms with Gasteiger partial charge in [0.15, 0.2) is 0 Å². The molecule has 2 aromatic rings. The average molecular weight is 342 g/mol. The molecule has 0 radical (unpaired) electrons. The summed E-state index contributed by atoms with van der Waals surface area (Å²) in [6.45, 7) is 1.47. The number of ether oxygens (including phenoxy) is 2. The molecule has 1 unspecified atom stereocenters. The van der Waals surface area contributed by atoms with Crippen molar-refractivity contribution in [1.29, 1.82) is 0 Å². The largest absolute Gasteiger partial charge is 0.573 e. The number of anilines is 1. The summed E-state index contributed by atoms with van der Waals surface area (Å²) in [6, 6.07) is 8.71. The molecule has 1 aromatic heterocycles. The summed E-state index contributed by atoms with van der Waals surface area (Å²) in [5.41, 5.74) is 0.832. The minimum atomic E-state index is -4.74. The number of nitrogens with zero attached hydrogens (tertiary/aromatic N) is 2. The van der Waals surface area contributed by atoms with E-state index in [1.807, 2.05) is 4.90 Å². The van der Waals surface area contributed by atoms with Crippen LogP contribution in [0, 0.1) is 5.82 Å². The molecule has 24 heavy (non-hydrogen) atoms. The molecule has 1 atom stereocenters. The van der Waals surface area contributed by atoms with Crippen LogP contribution in [-0.4, -0.2) is 31.0 Å². The number of rotatable bonds is 3. The molecular weight excluding hydrogens is 328 g/mol. The number of halogens is 4. The van der Waals surface area contributed by atoms with Crippen molar-refractivity contribution in [3.8, 4) is 5.75 Å². The Balaban J connectivity index is 1.69. The summed E-state index contributed by atoms with van der Waals surface area (Å²) < 4.78 is 59.0. The van der Waals surface area contributed by atoms with Crippen LogP contribution in [0.15, 0.2) is 42.6 Å². The minimum absolute atomic E-state index is 0.257. The fraction of sp³-hybridized carbons (Fsp3) is 0.312. The number of benzene rings is 1. The maximum atomic E-state index is 13.0. The lowest BCUT2D eigenvalue weighted by atomic mass is 10.1. The maximum Gasteiger partial charge on any atom is 0.573 e. The van der Waals surface area contributed by atoms with Gasteiger partial charge < -0.3 is 14.4 Å². The van der Waals surface area contributed by atoms with Gasteiger partial charge in [-0.05, 0) is 29.8 Å². The molecular formula is C16H14F4N2O2. The van der Waals surface area contributed by atoms with Crippen molar-refractivity contribution < 1.29 is 27.0 Å². The van der Waals surface area contributed by atoms with Gasteiger partial charge in [-0.3, -0.25) is 0 Å². The van der Waals surface area contributed by atoms with Crippen molar-refractivity contribution in [3.05, 3.63) is 54.0 Å². The van der Waals surface area contributed by atoms with E-state index in [4.69, 9.17) is 4.74 Å². The van der Waals surface area contributed by atoms with Gasteiger partial charge in [-0.25, -0.2) is 9.37 Å². The van der Waals surface area contributed by atoms with Crippen molar-refractivity contribution in [3.63, 3.8) is 0 Å². The van der Waals surface area contributed by atoms with E-state index in [1.165, 1.54) is 24.3 Å². The van der Waals surface area contributed by atoms with Crippen LogP contribution in [0.1, 0.15) is 11.7 Å². The first-order valence-electron chi connectivity index (χ1n) is 7.24. The maximum absolute atomic E-state index is 13.0. The quantitative estimate of drug-likeness (QED) is 0.797. The molecule has 8 heteroatoms. The summed E-state index contributed by atoms with van der Waals surface area (Å²) >= 11 is 0. The van der Waals surface area contributed by atoms with Gasteiger partial charge in [0.25, 0.3) is 0 Å². The zero-order chi connectivity index (χ0) is 17.2. The lowest BCUT2D eigenvalue weighted by molar-refractivity contribution is -0.274. The second-order valence-electron chi connectivity index (χ2n) is 5.26. The molecule has 4 nitrogen and oxygen atoms in total. The van der Waals surface area contributed by atoms with Crippen molar-refractivity contribution in [2.45, 2.75) is 12.5 Å². The van der Waals surface area contributed by atoms with Crippen molar-refractivity contribution in [2.75, 3.05) is 24.6 Å². The Bertz CT molecular complexity index is 674. The molecule has 0 aliphatic carbocycles. The van der Waals surface area contributed by atoms with Crippen LogP contribution in [0.4, 0.5) is 23.4 Å². The Kier molecular flexibility index (Phi) is 4.57. The number of pyridine rings is 1. The number of hydrogen-bond donors (Lipinski definition) is 0. The molecule has 1 aliphatic heterocycles. The number of alkyl halides is 3. The van der Waals surface area contributed by atoms with E-state index in [0.717, 1.165) is 11.8 Å². The first kappa shape index (κ1) is 16.5. The fourth-order valence-corrected chi connectivity index (χ4v) is 2.49. The van der Waals surface area contributed by atoms with Crippen LogP contribution in [0.2, 0.25) is 0 Å². The highest BCUT2D eigenvalue weighted by Crippen LogP contribution is 2.27. The van der Waals surface area contributed by atoms with Gasteiger partial charge in [-0.15, -0.1) is 13.2 Å². The number of morpholine rings is 1. The second-order valence-corrected chi connectivity index (χ2v) is 5.26. The fourth-order valence-electron chi connectivity index (χ4n) is 2.49. The molecule has 2 heterocycles. The van der Waals surface area contributed by atoms with Crippen molar-refractivity contribution in [1.82, 2.24) is 4.98 Å². The van der Waals surface area contributed by atoms with E-state index >= 15 is 0 Å². The van der Waals surface area contributed by atoms with Gasteiger partial charge in [-0.1, -0.05) is 12.1 Å². The molecule has 0 spiro atoms. The summed E-state index contributed by atoms with van der Waals surface area (Å²) in [5.74, 6) is -0.164. The van der Waals surface area contributed by atoms with Gasteiger partial charge in [-0.2, -0.15) is 0 Å². The lowest BCUT2D eigenvalue weighted by Crippen LogP contribution is -2.38. The monoisotopic (exact) mass is 342 g/mol. The SMILES string of the molecule is Fc1ccc(C2CN(c3ccc(OC(F)(F)F)cn3)CCO2)cc1. The van der Waals surface area contributed by atoms with Crippen LogP contribution < -0.4 is 9.64 Å². The summed E-state index contributed by atoms with van der Waals surface area (Å²) in [7, 11) is 0. The molecule has 1 aliphatic rings. The van der Waals surface area contributed by atoms with E-state index in [0.29, 0.717) is 25.5 Å². The zero-order valence-corrected chi connectivity index (χ0v) is 12.5. The topological polar surface area (TPSA) is 34.6 Å². The Hall–Kier alpha value is -2.35. The third-order valence-corrected chi connectivity index (χ3v) is 3.59. The molecule has 128 valence electrons. The summed E-state index contributed by atoms with van der Waals surface area (Å²) in [4.78, 5) is 5.91. The Morgan fingerprint density at radius 3 is 2.50 bits per heavy atom. The zero-order valence-electron chi connectivity index (χ0n) is 12.5. The van der Waals surface area contributed by atoms with Crippen molar-refractivity contribution in [2.24, 2.45) is 0 Å². The van der Waals surface area contributed by atoms with Gasteiger partial charge in [0, 0.05) is 13.1 Å². The molecule has 1 saturated heterocycles. The Morgan fingerprint density at radius 2 is 1.88 bits per heavy atom. The first-order chi connectivity index (χ1) is 11.4. The van der Waals surface area contributed by atoms with Gasteiger partial charge in [0.05, 0.1) is 12.8 Å². The molecule has 1 aromatic carbocycles. The van der Waals surface area contributed by atoms with Gasteiger partial charge in [0.1, 0.15) is 23.5 Å². The smallest absolute Gasteiger partial charge is 0.404 e. The third kappa shape index (κ3) is 4.14. The highest BCUT2D eigenvalue weighted by Gasteiger charge is 2.31. The van der Waals surface area contributed by atoms with E-state index in [1.54, 1.807) is 12.1 Å². The Morgan fingerprint density at radius 1 is 1.12 bits per heavy atom. The molecule has 1 fully saturated rings. The molecule has 0 saturated carbocycles. The third-order valence-electron chi connectivity index (χ3n) is 3.59. The lowest BCUT2D eigenvalue weighted by Gasteiger charge is -2.34. The van der Waals surface area contributed by atoms with E-state index < -0.39 is 6.36 Å². The Labute approximate surface area is 135 Å². The van der Waals surface area contributed by atoms with E-state index in [-0.39, 0.29) is 17.7 Å². The van der Waals surface area contributed by atoms with E-state index in [2.05, 4.69) is 9.72 Å². The van der Waals surface area contributed by atoms with Crippen LogP contribution in [0.25, 0.3) is 0 Å². The highest BCUT2D eigenvalue weighted by atomic mass is 19.4. The summed E-state index contributed by atoms with van der Waals surface area (Å²) in [5, 5.41) is 0. The van der Waals surface area contributed by atoms with Crippen LogP contribution >= 0.6 is 0 Å². The van der Waals surface area contributed by atoms with Gasteiger partial charge in [0.2, 0.25) is 0 Å². The highest BCUT2D eigenvalue weighted by molar-refractivity contribution is 5.42. The number of hydrogen-bond acceptors (Lipinski definition) is 4. The molecule has 3 rings (SSSR count). The van der Waals surface area contributed by atoms with Gasteiger partial charge >= 0.3 is 6.36 Å². The minimum Gasteiger partial charge on any atom is -0.404 e.